The highest BCUT2D eigenvalue weighted by molar-refractivity contribution is 5.30. The van der Waals surface area contributed by atoms with Crippen molar-refractivity contribution in [2.75, 3.05) is 5.32 Å². The van der Waals surface area contributed by atoms with Crippen molar-refractivity contribution < 1.29 is 4.39 Å². The molecule has 1 aromatic heterocycles. The maximum absolute atomic E-state index is 12.7. The van der Waals surface area contributed by atoms with Crippen LogP contribution in [0, 0.1) is 5.82 Å². The van der Waals surface area contributed by atoms with Gasteiger partial charge in [-0.1, -0.05) is 12.1 Å². The molecule has 0 aliphatic heterocycles. The van der Waals surface area contributed by atoms with Gasteiger partial charge in [0.25, 0.3) is 0 Å². The van der Waals surface area contributed by atoms with Crippen molar-refractivity contribution in [2.24, 2.45) is 0 Å². The van der Waals surface area contributed by atoms with Gasteiger partial charge in [-0.15, -0.1) is 0 Å². The Kier molecular flexibility index (Phi) is 2.55. The number of anilines is 1. The van der Waals surface area contributed by atoms with Crippen LogP contribution in [0.15, 0.2) is 36.7 Å². The Morgan fingerprint density at radius 3 is 2.76 bits per heavy atom. The molecule has 0 radical (unpaired) electrons. The molecule has 1 aliphatic carbocycles. The van der Waals surface area contributed by atoms with Crippen LogP contribution in [0.4, 0.5) is 10.3 Å². The lowest BCUT2D eigenvalue weighted by atomic mass is 10.2. The number of imidazole rings is 1. The van der Waals surface area contributed by atoms with Crippen molar-refractivity contribution in [3.63, 3.8) is 0 Å². The second-order valence-electron chi connectivity index (χ2n) is 4.37. The summed E-state index contributed by atoms with van der Waals surface area (Å²) in [6, 6.07) is 7.14. The number of hydrogen-bond donors (Lipinski definition) is 1. The molecule has 1 fully saturated rings. The summed E-state index contributed by atoms with van der Waals surface area (Å²) in [6.07, 6.45) is 6.29. The lowest BCUT2D eigenvalue weighted by molar-refractivity contribution is 0.627. The van der Waals surface area contributed by atoms with Gasteiger partial charge in [0.2, 0.25) is 5.95 Å². The standard InChI is InChI=1S/C13H14FN3/c14-11-3-1-10(2-4-11)9-16-13-15-7-8-17(13)12-5-6-12/h1-4,7-8,12H,5-6,9H2,(H,15,16). The van der Waals surface area contributed by atoms with Crippen LogP contribution in [0.5, 0.6) is 0 Å². The minimum atomic E-state index is -0.201. The first-order valence-corrected chi connectivity index (χ1v) is 5.84. The van der Waals surface area contributed by atoms with Crippen LogP contribution in [0.1, 0.15) is 24.4 Å². The average molecular weight is 231 g/mol. The maximum atomic E-state index is 12.7. The lowest BCUT2D eigenvalue weighted by Gasteiger charge is -2.08. The molecule has 2 aromatic rings. The molecule has 0 saturated heterocycles. The van der Waals surface area contributed by atoms with Crippen molar-refractivity contribution in [1.82, 2.24) is 9.55 Å². The van der Waals surface area contributed by atoms with Crippen molar-refractivity contribution in [1.29, 1.82) is 0 Å². The third kappa shape index (κ3) is 2.30. The molecule has 1 saturated carbocycles. The first kappa shape index (κ1) is 10.3. The Hall–Kier alpha value is -1.84. The third-order valence-corrected chi connectivity index (χ3v) is 2.97. The summed E-state index contributed by atoms with van der Waals surface area (Å²) in [4.78, 5) is 4.29. The number of hydrogen-bond acceptors (Lipinski definition) is 2. The van der Waals surface area contributed by atoms with Crippen LogP contribution in [0.3, 0.4) is 0 Å². The van der Waals surface area contributed by atoms with E-state index >= 15 is 0 Å². The molecular formula is C13H14FN3. The lowest BCUT2D eigenvalue weighted by Crippen LogP contribution is -2.06. The molecule has 4 heteroatoms. The highest BCUT2D eigenvalue weighted by Gasteiger charge is 2.25. The van der Waals surface area contributed by atoms with Gasteiger partial charge in [-0.05, 0) is 30.5 Å². The fourth-order valence-electron chi connectivity index (χ4n) is 1.88. The first-order valence-electron chi connectivity index (χ1n) is 5.84. The van der Waals surface area contributed by atoms with Crippen LogP contribution in [-0.4, -0.2) is 9.55 Å². The Bertz CT molecular complexity index is 500. The van der Waals surface area contributed by atoms with E-state index < -0.39 is 0 Å². The zero-order valence-electron chi connectivity index (χ0n) is 9.44. The summed E-state index contributed by atoms with van der Waals surface area (Å²) in [5.41, 5.74) is 1.05. The summed E-state index contributed by atoms with van der Waals surface area (Å²) >= 11 is 0. The number of halogens is 1. The van der Waals surface area contributed by atoms with Gasteiger partial charge in [-0.3, -0.25) is 0 Å². The molecule has 1 aliphatic rings. The Morgan fingerprint density at radius 1 is 1.29 bits per heavy atom. The van der Waals surface area contributed by atoms with E-state index in [0.29, 0.717) is 12.6 Å². The average Bonchev–Trinajstić information content (AvgIpc) is 3.08. The minimum absolute atomic E-state index is 0.201. The van der Waals surface area contributed by atoms with E-state index in [9.17, 15) is 4.39 Å². The Morgan fingerprint density at radius 2 is 2.06 bits per heavy atom. The molecule has 0 unspecified atom stereocenters. The van der Waals surface area contributed by atoms with E-state index in [1.54, 1.807) is 12.1 Å². The monoisotopic (exact) mass is 231 g/mol. The zero-order chi connectivity index (χ0) is 11.7. The van der Waals surface area contributed by atoms with Crippen LogP contribution < -0.4 is 5.32 Å². The van der Waals surface area contributed by atoms with Crippen LogP contribution in [-0.2, 0) is 6.54 Å². The van der Waals surface area contributed by atoms with E-state index in [4.69, 9.17) is 0 Å². The molecule has 3 rings (SSSR count). The molecule has 88 valence electrons. The SMILES string of the molecule is Fc1ccc(CNc2nccn2C2CC2)cc1. The molecule has 17 heavy (non-hydrogen) atoms. The number of rotatable bonds is 4. The highest BCUT2D eigenvalue weighted by Crippen LogP contribution is 2.36. The summed E-state index contributed by atoms with van der Waals surface area (Å²) < 4.78 is 14.9. The molecule has 0 amide bonds. The van der Waals surface area contributed by atoms with E-state index in [1.807, 2.05) is 12.4 Å². The highest BCUT2D eigenvalue weighted by atomic mass is 19.1. The Labute approximate surface area is 99.3 Å². The van der Waals surface area contributed by atoms with Crippen LogP contribution in [0.25, 0.3) is 0 Å². The molecule has 1 heterocycles. The van der Waals surface area contributed by atoms with E-state index in [2.05, 4.69) is 14.9 Å². The predicted molar refractivity (Wildman–Crippen MR) is 64.2 cm³/mol. The summed E-state index contributed by atoms with van der Waals surface area (Å²) in [5.74, 6) is 0.699. The van der Waals surface area contributed by atoms with E-state index in [0.717, 1.165) is 11.5 Å². The molecule has 0 atom stereocenters. The van der Waals surface area contributed by atoms with Crippen molar-refractivity contribution >= 4 is 5.95 Å². The Balaban J connectivity index is 1.67. The van der Waals surface area contributed by atoms with Crippen LogP contribution in [0.2, 0.25) is 0 Å². The number of benzene rings is 1. The van der Waals surface area contributed by atoms with Gasteiger partial charge >= 0.3 is 0 Å². The number of aromatic nitrogens is 2. The fourth-order valence-corrected chi connectivity index (χ4v) is 1.88. The third-order valence-electron chi connectivity index (χ3n) is 2.97. The normalized spacial score (nSPS) is 14.9. The summed E-state index contributed by atoms with van der Waals surface area (Å²) in [7, 11) is 0. The van der Waals surface area contributed by atoms with Crippen molar-refractivity contribution in [3.05, 3.63) is 48.0 Å². The molecule has 3 nitrogen and oxygen atoms in total. The van der Waals surface area contributed by atoms with Crippen LogP contribution >= 0.6 is 0 Å². The van der Waals surface area contributed by atoms with E-state index in [1.165, 1.54) is 25.0 Å². The number of nitrogens with zero attached hydrogens (tertiary/aromatic N) is 2. The van der Waals surface area contributed by atoms with Gasteiger partial charge in [-0.25, -0.2) is 9.37 Å². The largest absolute Gasteiger partial charge is 0.352 e. The van der Waals surface area contributed by atoms with Crippen molar-refractivity contribution in [3.8, 4) is 0 Å². The maximum Gasteiger partial charge on any atom is 0.203 e. The van der Waals surface area contributed by atoms with Gasteiger partial charge in [0.15, 0.2) is 0 Å². The van der Waals surface area contributed by atoms with Gasteiger partial charge in [0, 0.05) is 25.0 Å². The van der Waals surface area contributed by atoms with Gasteiger partial charge in [-0.2, -0.15) is 0 Å². The first-order chi connectivity index (χ1) is 8.33. The zero-order valence-corrected chi connectivity index (χ0v) is 9.44. The quantitative estimate of drug-likeness (QED) is 0.876. The minimum Gasteiger partial charge on any atom is -0.352 e. The van der Waals surface area contributed by atoms with Gasteiger partial charge in [0.05, 0.1) is 0 Å². The molecular weight excluding hydrogens is 217 g/mol. The molecule has 1 aromatic carbocycles. The van der Waals surface area contributed by atoms with Crippen molar-refractivity contribution in [2.45, 2.75) is 25.4 Å². The summed E-state index contributed by atoms with van der Waals surface area (Å²) in [5, 5.41) is 3.28. The van der Waals surface area contributed by atoms with E-state index in [-0.39, 0.29) is 5.82 Å². The topological polar surface area (TPSA) is 29.9 Å². The predicted octanol–water partition coefficient (Wildman–Crippen LogP) is 2.97. The second kappa shape index (κ2) is 4.20. The fraction of sp³-hybridized carbons (Fsp3) is 0.308. The number of nitrogens with one attached hydrogen (secondary N) is 1. The van der Waals surface area contributed by atoms with Gasteiger partial charge < -0.3 is 9.88 Å². The molecule has 0 spiro atoms. The summed E-state index contributed by atoms with van der Waals surface area (Å²) in [6.45, 7) is 0.671. The smallest absolute Gasteiger partial charge is 0.203 e. The van der Waals surface area contributed by atoms with Gasteiger partial charge in [0.1, 0.15) is 5.82 Å². The molecule has 1 N–H and O–H groups in total. The molecule has 0 bridgehead atoms. The second-order valence-corrected chi connectivity index (χ2v) is 4.37.